The normalized spacial score (nSPS) is 16.1. The summed E-state index contributed by atoms with van der Waals surface area (Å²) in [5, 5.41) is 0. The third-order valence-corrected chi connectivity index (χ3v) is 3.73. The van der Waals surface area contributed by atoms with Gasteiger partial charge in [-0.05, 0) is 69.2 Å². The van der Waals surface area contributed by atoms with E-state index < -0.39 is 0 Å². The minimum atomic E-state index is 0.668. The highest BCUT2D eigenvalue weighted by atomic mass is 14.5. The van der Waals surface area contributed by atoms with Crippen molar-refractivity contribution in [1.82, 2.24) is 0 Å². The van der Waals surface area contributed by atoms with Gasteiger partial charge in [-0.1, -0.05) is 56.4 Å². The SMILES string of the molecule is C=C\C(C)=C/C(C)=C(C)/C=C(/C=CCC(C)CCN)CC. The lowest BCUT2D eigenvalue weighted by Crippen LogP contribution is -2.04. The summed E-state index contributed by atoms with van der Waals surface area (Å²) in [6, 6.07) is 0. The number of hydrogen-bond acceptors (Lipinski definition) is 1. The summed E-state index contributed by atoms with van der Waals surface area (Å²) in [6.07, 6.45) is 14.1. The van der Waals surface area contributed by atoms with Crippen molar-refractivity contribution in [1.29, 1.82) is 0 Å². The standard InChI is InChI=1S/C20H33N/c1-7-16(3)14-18(5)19(6)15-20(8-2)11-9-10-17(4)12-13-21/h7,9,11,14-15,17H,1,8,10,12-13,21H2,2-6H3/b11-9?,16-14-,19-18+,20-15+. The van der Waals surface area contributed by atoms with Gasteiger partial charge in [-0.3, -0.25) is 0 Å². The first kappa shape index (κ1) is 19.7. The lowest BCUT2D eigenvalue weighted by atomic mass is 10.0. The van der Waals surface area contributed by atoms with Crippen molar-refractivity contribution < 1.29 is 0 Å². The second kappa shape index (κ2) is 11.3. The Labute approximate surface area is 132 Å². The molecule has 0 aliphatic rings. The van der Waals surface area contributed by atoms with Crippen molar-refractivity contribution in [2.75, 3.05) is 6.54 Å². The largest absolute Gasteiger partial charge is 0.330 e. The van der Waals surface area contributed by atoms with Crippen molar-refractivity contribution in [3.05, 3.63) is 59.3 Å². The highest BCUT2D eigenvalue weighted by Crippen LogP contribution is 2.15. The highest BCUT2D eigenvalue weighted by Gasteiger charge is 1.98. The maximum Gasteiger partial charge on any atom is -0.00746 e. The van der Waals surface area contributed by atoms with Gasteiger partial charge in [0.1, 0.15) is 0 Å². The second-order valence-corrected chi connectivity index (χ2v) is 5.85. The zero-order chi connectivity index (χ0) is 16.3. The van der Waals surface area contributed by atoms with Crippen molar-refractivity contribution in [2.24, 2.45) is 11.7 Å². The van der Waals surface area contributed by atoms with Crippen LogP contribution < -0.4 is 5.73 Å². The van der Waals surface area contributed by atoms with Crippen LogP contribution in [-0.4, -0.2) is 6.54 Å². The summed E-state index contributed by atoms with van der Waals surface area (Å²) in [5.74, 6) is 0.668. The molecule has 0 heterocycles. The Kier molecular flexibility index (Phi) is 10.6. The predicted octanol–water partition coefficient (Wildman–Crippen LogP) is 5.72. The van der Waals surface area contributed by atoms with Crippen LogP contribution >= 0.6 is 0 Å². The minimum absolute atomic E-state index is 0.668. The first-order chi connectivity index (χ1) is 9.94. The van der Waals surface area contributed by atoms with Crippen LogP contribution in [0.2, 0.25) is 0 Å². The molecular formula is C20H33N. The fraction of sp³-hybridized carbons (Fsp3) is 0.500. The molecule has 0 aromatic carbocycles. The maximum atomic E-state index is 5.58. The van der Waals surface area contributed by atoms with Crippen LogP contribution in [0.1, 0.15) is 53.9 Å². The monoisotopic (exact) mass is 287 g/mol. The van der Waals surface area contributed by atoms with Gasteiger partial charge < -0.3 is 5.73 Å². The first-order valence-electron chi connectivity index (χ1n) is 7.99. The van der Waals surface area contributed by atoms with Crippen LogP contribution in [-0.2, 0) is 0 Å². The van der Waals surface area contributed by atoms with Crippen molar-refractivity contribution in [2.45, 2.75) is 53.9 Å². The van der Waals surface area contributed by atoms with E-state index in [1.165, 1.54) is 22.3 Å². The molecule has 0 aliphatic carbocycles. The number of allylic oxidation sites excluding steroid dienone is 9. The molecule has 0 saturated carbocycles. The van der Waals surface area contributed by atoms with Gasteiger partial charge in [0.05, 0.1) is 0 Å². The van der Waals surface area contributed by atoms with Gasteiger partial charge in [0, 0.05) is 0 Å². The first-order valence-corrected chi connectivity index (χ1v) is 7.99. The second-order valence-electron chi connectivity index (χ2n) is 5.85. The average Bonchev–Trinajstić information content (AvgIpc) is 2.45. The van der Waals surface area contributed by atoms with Crippen molar-refractivity contribution in [3.63, 3.8) is 0 Å². The molecule has 118 valence electrons. The molecule has 0 amide bonds. The lowest BCUT2D eigenvalue weighted by molar-refractivity contribution is 0.549. The van der Waals surface area contributed by atoms with E-state index in [2.05, 4.69) is 65.5 Å². The number of nitrogens with two attached hydrogens (primary N) is 1. The Morgan fingerprint density at radius 2 is 1.76 bits per heavy atom. The summed E-state index contributed by atoms with van der Waals surface area (Å²) >= 11 is 0. The van der Waals surface area contributed by atoms with Crippen LogP contribution in [0.25, 0.3) is 0 Å². The fourth-order valence-electron chi connectivity index (χ4n) is 2.03. The van der Waals surface area contributed by atoms with E-state index in [0.717, 1.165) is 25.8 Å². The molecule has 0 spiro atoms. The van der Waals surface area contributed by atoms with E-state index in [0.29, 0.717) is 5.92 Å². The molecule has 21 heavy (non-hydrogen) atoms. The van der Waals surface area contributed by atoms with E-state index in [1.807, 2.05) is 6.08 Å². The molecule has 0 aromatic heterocycles. The van der Waals surface area contributed by atoms with E-state index in [9.17, 15) is 0 Å². The number of hydrogen-bond donors (Lipinski definition) is 1. The molecule has 0 fully saturated rings. The molecule has 0 saturated heterocycles. The molecule has 1 atom stereocenters. The fourth-order valence-corrected chi connectivity index (χ4v) is 2.03. The molecule has 1 nitrogen and oxygen atoms in total. The van der Waals surface area contributed by atoms with Gasteiger partial charge >= 0.3 is 0 Å². The van der Waals surface area contributed by atoms with Gasteiger partial charge in [0.15, 0.2) is 0 Å². The van der Waals surface area contributed by atoms with Gasteiger partial charge in [-0.25, -0.2) is 0 Å². The third-order valence-electron chi connectivity index (χ3n) is 3.73. The van der Waals surface area contributed by atoms with Gasteiger partial charge in [0.25, 0.3) is 0 Å². The van der Waals surface area contributed by atoms with Crippen LogP contribution in [0.4, 0.5) is 0 Å². The van der Waals surface area contributed by atoms with Gasteiger partial charge in [0.2, 0.25) is 0 Å². The van der Waals surface area contributed by atoms with Crippen LogP contribution in [0.3, 0.4) is 0 Å². The topological polar surface area (TPSA) is 26.0 Å². The van der Waals surface area contributed by atoms with E-state index in [-0.39, 0.29) is 0 Å². The molecule has 0 aliphatic heterocycles. The van der Waals surface area contributed by atoms with E-state index in [4.69, 9.17) is 5.73 Å². The predicted molar refractivity (Wildman–Crippen MR) is 97.3 cm³/mol. The molecule has 1 unspecified atom stereocenters. The average molecular weight is 287 g/mol. The zero-order valence-corrected chi connectivity index (χ0v) is 14.6. The molecule has 0 radical (unpaired) electrons. The number of rotatable bonds is 9. The Bertz CT molecular complexity index is 433. The van der Waals surface area contributed by atoms with Crippen LogP contribution in [0.15, 0.2) is 59.3 Å². The van der Waals surface area contributed by atoms with Crippen LogP contribution in [0, 0.1) is 5.92 Å². The molecule has 1 heteroatoms. The van der Waals surface area contributed by atoms with Gasteiger partial charge in [-0.15, -0.1) is 0 Å². The summed E-state index contributed by atoms with van der Waals surface area (Å²) in [6.45, 7) is 15.4. The summed E-state index contributed by atoms with van der Waals surface area (Å²) in [5.41, 5.74) is 10.8. The van der Waals surface area contributed by atoms with E-state index >= 15 is 0 Å². The lowest BCUT2D eigenvalue weighted by Gasteiger charge is -2.06. The summed E-state index contributed by atoms with van der Waals surface area (Å²) < 4.78 is 0. The summed E-state index contributed by atoms with van der Waals surface area (Å²) in [7, 11) is 0. The van der Waals surface area contributed by atoms with Crippen molar-refractivity contribution >= 4 is 0 Å². The molecular weight excluding hydrogens is 254 g/mol. The maximum absolute atomic E-state index is 5.58. The Morgan fingerprint density at radius 3 is 2.29 bits per heavy atom. The third kappa shape index (κ3) is 9.25. The highest BCUT2D eigenvalue weighted by molar-refractivity contribution is 5.38. The van der Waals surface area contributed by atoms with Crippen molar-refractivity contribution in [3.8, 4) is 0 Å². The quantitative estimate of drug-likeness (QED) is 0.539. The van der Waals surface area contributed by atoms with Crippen LogP contribution in [0.5, 0.6) is 0 Å². The Balaban J connectivity index is 4.89. The summed E-state index contributed by atoms with van der Waals surface area (Å²) in [4.78, 5) is 0. The Morgan fingerprint density at radius 1 is 1.14 bits per heavy atom. The zero-order valence-electron chi connectivity index (χ0n) is 14.6. The molecule has 0 aromatic rings. The molecule has 0 rings (SSSR count). The van der Waals surface area contributed by atoms with E-state index in [1.54, 1.807) is 0 Å². The molecule has 0 bridgehead atoms. The minimum Gasteiger partial charge on any atom is -0.330 e. The van der Waals surface area contributed by atoms with Gasteiger partial charge in [-0.2, -0.15) is 0 Å². The molecule has 2 N–H and O–H groups in total. The Hall–Kier alpha value is -1.34. The smallest absolute Gasteiger partial charge is 0.00746 e.